The molecule has 0 aliphatic carbocycles. The van der Waals surface area contributed by atoms with Gasteiger partial charge in [-0.15, -0.1) is 5.10 Å². The first-order chi connectivity index (χ1) is 11.4. The summed E-state index contributed by atoms with van der Waals surface area (Å²) >= 11 is 1.63. The van der Waals surface area contributed by atoms with Crippen LogP contribution in [0.4, 0.5) is 0 Å². The van der Waals surface area contributed by atoms with Crippen LogP contribution in [0.1, 0.15) is 5.82 Å². The molecule has 5 rings (SSSR count). The molecule has 7 heteroatoms. The zero-order chi connectivity index (χ0) is 15.2. The van der Waals surface area contributed by atoms with E-state index in [4.69, 9.17) is 0 Å². The summed E-state index contributed by atoms with van der Waals surface area (Å²) in [5, 5.41) is 8.25. The lowest BCUT2D eigenvalue weighted by Crippen LogP contribution is -1.88. The van der Waals surface area contributed by atoms with Crippen molar-refractivity contribution in [1.82, 2.24) is 29.5 Å². The van der Waals surface area contributed by atoms with Gasteiger partial charge in [-0.2, -0.15) is 0 Å². The van der Waals surface area contributed by atoms with Crippen molar-refractivity contribution in [2.24, 2.45) is 0 Å². The van der Waals surface area contributed by atoms with Gasteiger partial charge in [0.25, 0.3) is 0 Å². The van der Waals surface area contributed by atoms with Crippen LogP contribution in [0.5, 0.6) is 0 Å². The highest BCUT2D eigenvalue weighted by molar-refractivity contribution is 7.98. The van der Waals surface area contributed by atoms with Crippen molar-refractivity contribution in [3.05, 3.63) is 54.4 Å². The number of nitrogens with zero attached hydrogens (tertiary/aromatic N) is 4. The highest BCUT2D eigenvalue weighted by Crippen LogP contribution is 2.25. The quantitative estimate of drug-likeness (QED) is 0.500. The van der Waals surface area contributed by atoms with Gasteiger partial charge in [0.1, 0.15) is 5.82 Å². The van der Waals surface area contributed by atoms with Gasteiger partial charge >= 0.3 is 0 Å². The smallest absolute Gasteiger partial charge is 0.231 e. The minimum Gasteiger partial charge on any atom is -0.341 e. The summed E-state index contributed by atoms with van der Waals surface area (Å²) in [4.78, 5) is 12.5. The Morgan fingerprint density at radius 1 is 0.957 bits per heavy atom. The number of imidazole rings is 2. The van der Waals surface area contributed by atoms with Crippen LogP contribution in [-0.4, -0.2) is 29.5 Å². The Balaban J connectivity index is 1.51. The minimum absolute atomic E-state index is 0.723. The first-order valence-corrected chi connectivity index (χ1v) is 8.25. The number of rotatable bonds is 3. The van der Waals surface area contributed by atoms with Crippen molar-refractivity contribution in [2.45, 2.75) is 10.9 Å². The average Bonchev–Trinajstić information content (AvgIpc) is 3.25. The Morgan fingerprint density at radius 3 is 2.70 bits per heavy atom. The molecule has 0 spiro atoms. The van der Waals surface area contributed by atoms with E-state index in [1.54, 1.807) is 11.8 Å². The van der Waals surface area contributed by atoms with E-state index in [0.29, 0.717) is 0 Å². The van der Waals surface area contributed by atoms with Crippen molar-refractivity contribution in [2.75, 3.05) is 0 Å². The van der Waals surface area contributed by atoms with Crippen LogP contribution >= 0.6 is 11.8 Å². The van der Waals surface area contributed by atoms with Gasteiger partial charge in [0.05, 0.1) is 27.8 Å². The Bertz CT molecular complexity index is 1100. The Morgan fingerprint density at radius 2 is 1.78 bits per heavy atom. The average molecular weight is 320 g/mol. The molecule has 2 aromatic carbocycles. The largest absolute Gasteiger partial charge is 0.341 e. The lowest BCUT2D eigenvalue weighted by Gasteiger charge is -1.97. The van der Waals surface area contributed by atoms with Crippen LogP contribution in [-0.2, 0) is 5.75 Å². The van der Waals surface area contributed by atoms with E-state index < -0.39 is 0 Å². The van der Waals surface area contributed by atoms with E-state index in [1.807, 2.05) is 46.9 Å². The summed E-state index contributed by atoms with van der Waals surface area (Å²) in [7, 11) is 0. The van der Waals surface area contributed by atoms with Crippen LogP contribution in [0.3, 0.4) is 0 Å². The van der Waals surface area contributed by atoms with Crippen molar-refractivity contribution in [3.63, 3.8) is 0 Å². The molecule has 0 unspecified atom stereocenters. The lowest BCUT2D eigenvalue weighted by molar-refractivity contribution is 0.938. The minimum atomic E-state index is 0.723. The molecule has 0 radical (unpaired) electrons. The summed E-state index contributed by atoms with van der Waals surface area (Å²) in [5.41, 5.74) is 4.07. The molecule has 0 saturated heterocycles. The number of fused-ring (bicyclic) bond motifs is 4. The molecule has 6 nitrogen and oxygen atoms in total. The monoisotopic (exact) mass is 320 g/mol. The van der Waals surface area contributed by atoms with E-state index in [0.717, 1.165) is 44.6 Å². The highest BCUT2D eigenvalue weighted by Gasteiger charge is 2.12. The third kappa shape index (κ3) is 2.01. The number of aromatic nitrogens is 6. The summed E-state index contributed by atoms with van der Waals surface area (Å²) in [6.45, 7) is 0. The van der Waals surface area contributed by atoms with Crippen LogP contribution in [0.25, 0.3) is 27.8 Å². The van der Waals surface area contributed by atoms with Crippen LogP contribution in [0, 0.1) is 0 Å². The number of hydrogen-bond donors (Lipinski definition) is 2. The van der Waals surface area contributed by atoms with E-state index in [-0.39, 0.29) is 0 Å². The molecule has 2 N–H and O–H groups in total. The molecule has 23 heavy (non-hydrogen) atoms. The molecule has 0 atom stereocenters. The topological polar surface area (TPSA) is 74.7 Å². The second-order valence-corrected chi connectivity index (χ2v) is 6.20. The first-order valence-electron chi connectivity index (χ1n) is 7.26. The predicted molar refractivity (Wildman–Crippen MR) is 90.5 cm³/mol. The third-order valence-corrected chi connectivity index (χ3v) is 4.73. The molecule has 3 heterocycles. The van der Waals surface area contributed by atoms with Crippen LogP contribution in [0.15, 0.2) is 53.7 Å². The van der Waals surface area contributed by atoms with Gasteiger partial charge in [0, 0.05) is 0 Å². The van der Waals surface area contributed by atoms with Crippen molar-refractivity contribution in [1.29, 1.82) is 0 Å². The van der Waals surface area contributed by atoms with Crippen LogP contribution in [0.2, 0.25) is 0 Å². The number of thioether (sulfide) groups is 1. The summed E-state index contributed by atoms with van der Waals surface area (Å²) in [6.07, 6.45) is 0. The molecule has 0 fully saturated rings. The molecule has 3 aromatic heterocycles. The van der Waals surface area contributed by atoms with E-state index in [1.165, 1.54) is 0 Å². The van der Waals surface area contributed by atoms with Crippen LogP contribution < -0.4 is 0 Å². The zero-order valence-corrected chi connectivity index (χ0v) is 12.8. The predicted octanol–water partition coefficient (Wildman–Crippen LogP) is 3.38. The van der Waals surface area contributed by atoms with E-state index in [9.17, 15) is 0 Å². The van der Waals surface area contributed by atoms with Gasteiger partial charge in [-0.1, -0.05) is 36.0 Å². The number of aromatic amines is 2. The lowest BCUT2D eigenvalue weighted by atomic mass is 10.3. The summed E-state index contributed by atoms with van der Waals surface area (Å²) in [6, 6.07) is 16.1. The Labute approximate surface area is 135 Å². The van der Waals surface area contributed by atoms with Gasteiger partial charge < -0.3 is 4.98 Å². The zero-order valence-electron chi connectivity index (χ0n) is 12.0. The van der Waals surface area contributed by atoms with Crippen molar-refractivity contribution in [3.8, 4) is 0 Å². The summed E-state index contributed by atoms with van der Waals surface area (Å²) < 4.78 is 2.04. The Hall–Kier alpha value is -2.80. The molecule has 0 saturated carbocycles. The molecule has 112 valence electrons. The van der Waals surface area contributed by atoms with Gasteiger partial charge in [-0.3, -0.25) is 4.40 Å². The number of para-hydroxylation sites is 4. The summed E-state index contributed by atoms with van der Waals surface area (Å²) in [5.74, 6) is 2.43. The molecule has 0 aliphatic rings. The second-order valence-electron chi connectivity index (χ2n) is 5.26. The molecule has 5 aromatic rings. The number of hydrogen-bond acceptors (Lipinski definition) is 4. The second kappa shape index (κ2) is 4.85. The SMILES string of the molecule is c1ccc2[nH]c(CSc3n[nH]c4nc5ccccc5n34)nc2c1. The fourth-order valence-electron chi connectivity index (χ4n) is 2.75. The van der Waals surface area contributed by atoms with E-state index >= 15 is 0 Å². The number of benzene rings is 2. The van der Waals surface area contributed by atoms with Gasteiger partial charge in [-0.25, -0.2) is 15.1 Å². The standard InChI is InChI=1S/C16H12N6S/c1-2-6-11-10(5-1)17-14(18-11)9-23-16-21-20-15-19-12-7-3-4-8-13(12)22(15)16/h1-8H,9H2,(H,17,18)(H,19,20). The molecule has 0 amide bonds. The molecular weight excluding hydrogens is 308 g/mol. The van der Waals surface area contributed by atoms with Crippen molar-refractivity contribution >= 4 is 39.6 Å². The van der Waals surface area contributed by atoms with Crippen molar-refractivity contribution < 1.29 is 0 Å². The number of H-pyrrole nitrogens is 2. The molecule has 0 bridgehead atoms. The fourth-order valence-corrected chi connectivity index (χ4v) is 3.57. The normalized spacial score (nSPS) is 11.8. The van der Waals surface area contributed by atoms with Gasteiger partial charge in [0.2, 0.25) is 5.78 Å². The van der Waals surface area contributed by atoms with Gasteiger partial charge in [-0.05, 0) is 24.3 Å². The molecule has 0 aliphatic heterocycles. The van der Waals surface area contributed by atoms with E-state index in [2.05, 4.69) is 31.2 Å². The Kier molecular flexibility index (Phi) is 2.68. The maximum absolute atomic E-state index is 4.60. The highest BCUT2D eigenvalue weighted by atomic mass is 32.2. The maximum atomic E-state index is 4.60. The maximum Gasteiger partial charge on any atom is 0.231 e. The fraction of sp³-hybridized carbons (Fsp3) is 0.0625. The first kappa shape index (κ1) is 12.7. The molecular formula is C16H12N6S. The third-order valence-electron chi connectivity index (χ3n) is 3.78. The van der Waals surface area contributed by atoms with Gasteiger partial charge in [0.15, 0.2) is 5.16 Å². The number of nitrogens with one attached hydrogen (secondary N) is 2.